The highest BCUT2D eigenvalue weighted by atomic mass is 35.5. The van der Waals surface area contributed by atoms with Crippen molar-refractivity contribution in [2.24, 2.45) is 11.7 Å². The lowest BCUT2D eigenvalue weighted by Crippen LogP contribution is -2.55. The van der Waals surface area contributed by atoms with Gasteiger partial charge >= 0.3 is 0 Å². The third-order valence-electron chi connectivity index (χ3n) is 9.84. The third-order valence-corrected chi connectivity index (χ3v) is 10.1. The highest BCUT2D eigenvalue weighted by molar-refractivity contribution is 6.32. The molecule has 1 aliphatic carbocycles. The smallest absolute Gasteiger partial charge is 0.251 e. The molecule has 1 aliphatic heterocycles. The molecule has 3 N–H and O–H groups in total. The Morgan fingerprint density at radius 2 is 1.89 bits per heavy atom. The van der Waals surface area contributed by atoms with Crippen LogP contribution in [0, 0.1) is 19.8 Å². The number of aromatic amines is 1. The highest BCUT2D eigenvalue weighted by Gasteiger charge is 2.53. The fourth-order valence-electron chi connectivity index (χ4n) is 7.11. The van der Waals surface area contributed by atoms with Gasteiger partial charge in [0.05, 0.1) is 24.8 Å². The molecule has 6 rings (SSSR count). The lowest BCUT2D eigenvalue weighted by atomic mass is 9.87. The van der Waals surface area contributed by atoms with Gasteiger partial charge in [0.2, 0.25) is 0 Å². The van der Waals surface area contributed by atoms with Crippen molar-refractivity contribution in [3.05, 3.63) is 57.6 Å². The number of fused-ring (bicyclic) bond motifs is 1. The number of halogens is 1. The van der Waals surface area contributed by atoms with Crippen LogP contribution in [0.4, 0.5) is 5.69 Å². The molecule has 1 atom stereocenters. The Labute approximate surface area is 274 Å². The number of aryl methyl sites for hydroxylation is 3. The second kappa shape index (κ2) is 13.3. The van der Waals surface area contributed by atoms with Crippen molar-refractivity contribution in [2.75, 3.05) is 25.7 Å². The van der Waals surface area contributed by atoms with Crippen LogP contribution in [0.15, 0.2) is 24.3 Å². The topological polar surface area (TPSA) is 150 Å². The molecule has 1 unspecified atom stereocenters. The van der Waals surface area contributed by atoms with Gasteiger partial charge in [-0.05, 0) is 61.4 Å². The predicted molar refractivity (Wildman–Crippen MR) is 175 cm³/mol. The van der Waals surface area contributed by atoms with E-state index in [0.29, 0.717) is 77.8 Å². The molecule has 12 nitrogen and oxygen atoms in total. The molecule has 1 amide bonds. The fourth-order valence-corrected chi connectivity index (χ4v) is 7.34. The third kappa shape index (κ3) is 5.78. The molecule has 0 spiro atoms. The van der Waals surface area contributed by atoms with Gasteiger partial charge in [-0.15, -0.1) is 10.2 Å². The van der Waals surface area contributed by atoms with Gasteiger partial charge in [-0.25, -0.2) is 9.67 Å². The average molecular weight is 648 g/mol. The SMILES string of the molecule is COc1cc(-c2nc(C3(C(N)=O)Cc4c(ccc(C)c4C)N3CCCc3nn[nH]n3)nn2CCC2CCCCC2)c(OC)cc1Cl. The number of anilines is 1. The molecule has 2 aromatic heterocycles. The Balaban J connectivity index is 1.48. The van der Waals surface area contributed by atoms with E-state index in [1.54, 1.807) is 20.3 Å². The second-order valence-electron chi connectivity index (χ2n) is 12.5. The number of ether oxygens (including phenoxy) is 2. The number of carbonyl (C=O) groups excluding carboxylic acids is 1. The summed E-state index contributed by atoms with van der Waals surface area (Å²) in [5, 5.41) is 20.0. The van der Waals surface area contributed by atoms with Crippen molar-refractivity contribution < 1.29 is 14.3 Å². The second-order valence-corrected chi connectivity index (χ2v) is 12.9. The van der Waals surface area contributed by atoms with Crippen LogP contribution in [0.1, 0.15) is 73.3 Å². The summed E-state index contributed by atoms with van der Waals surface area (Å²) in [5.41, 5.74) is 10.1. The number of benzene rings is 2. The monoisotopic (exact) mass is 647 g/mol. The minimum atomic E-state index is -1.31. The largest absolute Gasteiger partial charge is 0.496 e. The number of rotatable bonds is 12. The van der Waals surface area contributed by atoms with Crippen LogP contribution >= 0.6 is 11.6 Å². The maximum absolute atomic E-state index is 13.9. The predicted octanol–water partition coefficient (Wildman–Crippen LogP) is 5.09. The van der Waals surface area contributed by atoms with Crippen LogP contribution in [-0.4, -0.2) is 62.1 Å². The van der Waals surface area contributed by atoms with Crippen LogP contribution in [0.5, 0.6) is 11.5 Å². The van der Waals surface area contributed by atoms with Crippen LogP contribution in [0.3, 0.4) is 0 Å². The van der Waals surface area contributed by atoms with Crippen molar-refractivity contribution in [1.82, 2.24) is 35.4 Å². The van der Waals surface area contributed by atoms with Crippen LogP contribution in [0.2, 0.25) is 5.02 Å². The molecule has 0 bridgehead atoms. The number of hydrogen-bond donors (Lipinski definition) is 2. The van der Waals surface area contributed by atoms with Crippen LogP contribution in [-0.2, 0) is 29.7 Å². The molecule has 3 heterocycles. The number of primary amides is 1. The lowest BCUT2D eigenvalue weighted by molar-refractivity contribution is -0.123. The number of nitrogens with zero attached hydrogens (tertiary/aromatic N) is 7. The number of carbonyl (C=O) groups is 1. The van der Waals surface area contributed by atoms with Crippen molar-refractivity contribution in [2.45, 2.75) is 83.7 Å². The standard InChI is InChI=1S/C33H42ClN9O3/c1-20-12-13-26-24(21(20)2)19-33(31(35)44,42(26)15-8-11-29-37-40-41-38-29)32-36-30(23-17-28(46-4)25(34)18-27(23)45-3)43(39-32)16-14-22-9-6-5-7-10-22/h12-13,17-18,22H,5-11,14-16,19H2,1-4H3,(H2,35,44)(H,37,38,40,41). The Bertz CT molecular complexity index is 1700. The Kier molecular flexibility index (Phi) is 9.17. The van der Waals surface area contributed by atoms with Gasteiger partial charge in [-0.2, -0.15) is 10.3 Å². The fraction of sp³-hybridized carbons (Fsp3) is 0.515. The molecule has 4 aromatic rings. The molecular formula is C33H42ClN9O3. The van der Waals surface area contributed by atoms with E-state index in [4.69, 9.17) is 36.9 Å². The van der Waals surface area contributed by atoms with E-state index >= 15 is 0 Å². The van der Waals surface area contributed by atoms with Crippen molar-refractivity contribution in [1.29, 1.82) is 0 Å². The summed E-state index contributed by atoms with van der Waals surface area (Å²) >= 11 is 6.50. The van der Waals surface area contributed by atoms with Gasteiger partial charge in [0.1, 0.15) is 11.5 Å². The van der Waals surface area contributed by atoms with Crippen molar-refractivity contribution in [3.8, 4) is 22.9 Å². The molecule has 2 aromatic carbocycles. The molecule has 46 heavy (non-hydrogen) atoms. The maximum Gasteiger partial charge on any atom is 0.251 e. The summed E-state index contributed by atoms with van der Waals surface area (Å²) in [6.45, 7) is 5.32. The Hall–Kier alpha value is -4.19. The summed E-state index contributed by atoms with van der Waals surface area (Å²) in [7, 11) is 3.17. The molecule has 0 radical (unpaired) electrons. The zero-order valence-corrected chi connectivity index (χ0v) is 27.7. The van der Waals surface area contributed by atoms with Gasteiger partial charge in [0.15, 0.2) is 23.0 Å². The van der Waals surface area contributed by atoms with Gasteiger partial charge in [0.25, 0.3) is 5.91 Å². The molecule has 0 saturated heterocycles. The average Bonchev–Trinajstić information content (AvgIpc) is 3.81. The normalized spacial score (nSPS) is 18.2. The highest BCUT2D eigenvalue weighted by Crippen LogP contribution is 2.47. The minimum Gasteiger partial charge on any atom is -0.496 e. The zero-order chi connectivity index (χ0) is 32.4. The van der Waals surface area contributed by atoms with E-state index in [1.165, 1.54) is 32.1 Å². The van der Waals surface area contributed by atoms with E-state index in [0.717, 1.165) is 28.8 Å². The summed E-state index contributed by atoms with van der Waals surface area (Å²) in [6.07, 6.45) is 8.78. The zero-order valence-electron chi connectivity index (χ0n) is 27.0. The van der Waals surface area contributed by atoms with E-state index in [2.05, 4.69) is 51.5 Å². The molecule has 1 fully saturated rings. The summed E-state index contributed by atoms with van der Waals surface area (Å²) < 4.78 is 13.3. The van der Waals surface area contributed by atoms with Gasteiger partial charge in [0, 0.05) is 37.7 Å². The first kappa shape index (κ1) is 31.8. The number of hydrogen-bond acceptors (Lipinski definition) is 9. The number of H-pyrrole nitrogens is 1. The number of nitrogens with one attached hydrogen (secondary N) is 1. The number of nitrogens with two attached hydrogens (primary N) is 1. The van der Waals surface area contributed by atoms with Gasteiger partial charge in [-0.1, -0.05) is 55.0 Å². The molecule has 1 saturated carbocycles. The van der Waals surface area contributed by atoms with Gasteiger partial charge in [-0.3, -0.25) is 4.79 Å². The van der Waals surface area contributed by atoms with Crippen molar-refractivity contribution >= 4 is 23.2 Å². The minimum absolute atomic E-state index is 0.362. The van der Waals surface area contributed by atoms with Crippen LogP contribution < -0.4 is 20.1 Å². The molecule has 2 aliphatic rings. The van der Waals surface area contributed by atoms with E-state index < -0.39 is 11.4 Å². The quantitative estimate of drug-likeness (QED) is 0.214. The summed E-state index contributed by atoms with van der Waals surface area (Å²) in [4.78, 5) is 21.2. The molecule has 244 valence electrons. The Morgan fingerprint density at radius 1 is 1.11 bits per heavy atom. The lowest BCUT2D eigenvalue weighted by Gasteiger charge is -2.35. The first-order valence-electron chi connectivity index (χ1n) is 16.0. The first-order chi connectivity index (χ1) is 22.3. The van der Waals surface area contributed by atoms with E-state index in [9.17, 15) is 4.79 Å². The summed E-state index contributed by atoms with van der Waals surface area (Å²) in [6, 6.07) is 7.71. The number of aromatic nitrogens is 7. The summed E-state index contributed by atoms with van der Waals surface area (Å²) in [5.74, 6) is 2.69. The first-order valence-corrected chi connectivity index (χ1v) is 16.4. The maximum atomic E-state index is 13.9. The Morgan fingerprint density at radius 3 is 2.59 bits per heavy atom. The number of methoxy groups -OCH3 is 2. The molecule has 13 heteroatoms. The molecular weight excluding hydrogens is 606 g/mol. The van der Waals surface area contributed by atoms with Crippen molar-refractivity contribution in [3.63, 3.8) is 0 Å². The van der Waals surface area contributed by atoms with E-state index in [-0.39, 0.29) is 0 Å². The van der Waals surface area contributed by atoms with E-state index in [1.807, 2.05) is 10.7 Å². The van der Waals surface area contributed by atoms with Gasteiger partial charge < -0.3 is 20.1 Å². The van der Waals surface area contributed by atoms with Crippen LogP contribution in [0.25, 0.3) is 11.4 Å². The number of tetrazole rings is 1. The number of amides is 1.